The molecule has 0 fully saturated rings. The lowest BCUT2D eigenvalue weighted by atomic mass is 9.81. The summed E-state index contributed by atoms with van der Waals surface area (Å²) in [5.41, 5.74) is 2.71. The zero-order chi connectivity index (χ0) is 10.7. The Kier molecular flexibility index (Phi) is 2.91. The molecule has 2 nitrogen and oxygen atoms in total. The Morgan fingerprint density at radius 2 is 2.40 bits per heavy atom. The van der Waals surface area contributed by atoms with Crippen LogP contribution in [0.5, 0.6) is 5.75 Å². The molecule has 0 bridgehead atoms. The monoisotopic (exact) mass is 201 g/mol. The van der Waals surface area contributed by atoms with Crippen LogP contribution in [-0.2, 0) is 6.42 Å². The second kappa shape index (κ2) is 4.35. The fourth-order valence-electron chi connectivity index (χ4n) is 2.34. The van der Waals surface area contributed by atoms with Gasteiger partial charge < -0.3 is 4.74 Å². The molecule has 1 aliphatic rings. The molecule has 0 saturated carbocycles. The number of benzene rings is 1. The molecule has 1 atom stereocenters. The Morgan fingerprint density at radius 3 is 3.13 bits per heavy atom. The van der Waals surface area contributed by atoms with Gasteiger partial charge in [-0.3, -0.25) is 0 Å². The third-order valence-electron chi connectivity index (χ3n) is 3.13. The van der Waals surface area contributed by atoms with Crippen LogP contribution >= 0.6 is 0 Å². The van der Waals surface area contributed by atoms with Crippen molar-refractivity contribution in [3.63, 3.8) is 0 Å². The molecule has 1 aromatic rings. The van der Waals surface area contributed by atoms with Crippen LogP contribution in [0.3, 0.4) is 0 Å². The molecule has 0 saturated heterocycles. The van der Waals surface area contributed by atoms with E-state index in [1.165, 1.54) is 17.5 Å². The van der Waals surface area contributed by atoms with Crippen molar-refractivity contribution in [1.29, 1.82) is 5.26 Å². The van der Waals surface area contributed by atoms with Gasteiger partial charge in [-0.05, 0) is 48.4 Å². The first-order chi connectivity index (χ1) is 7.35. The first-order valence-electron chi connectivity index (χ1n) is 5.39. The number of ether oxygens (including phenoxy) is 1. The lowest BCUT2D eigenvalue weighted by molar-refractivity contribution is 0.413. The van der Waals surface area contributed by atoms with Gasteiger partial charge in [-0.15, -0.1) is 0 Å². The molecule has 1 aromatic carbocycles. The van der Waals surface area contributed by atoms with Crippen molar-refractivity contribution in [2.45, 2.75) is 31.6 Å². The van der Waals surface area contributed by atoms with E-state index >= 15 is 0 Å². The van der Waals surface area contributed by atoms with Crippen molar-refractivity contribution in [2.75, 3.05) is 7.11 Å². The van der Waals surface area contributed by atoms with Crippen LogP contribution in [0.1, 0.15) is 36.3 Å². The zero-order valence-corrected chi connectivity index (χ0v) is 8.99. The Labute approximate surface area is 90.5 Å². The van der Waals surface area contributed by atoms with E-state index in [4.69, 9.17) is 10.00 Å². The van der Waals surface area contributed by atoms with Gasteiger partial charge >= 0.3 is 0 Å². The maximum atomic E-state index is 8.77. The van der Waals surface area contributed by atoms with Gasteiger partial charge in [-0.1, -0.05) is 6.07 Å². The number of rotatable bonds is 2. The van der Waals surface area contributed by atoms with Gasteiger partial charge in [0.05, 0.1) is 13.2 Å². The zero-order valence-electron chi connectivity index (χ0n) is 8.99. The third kappa shape index (κ3) is 1.97. The predicted octanol–water partition coefficient (Wildman–Crippen LogP) is 3.03. The first kappa shape index (κ1) is 10.0. The van der Waals surface area contributed by atoms with Crippen molar-refractivity contribution in [2.24, 2.45) is 0 Å². The van der Waals surface area contributed by atoms with E-state index in [1.807, 2.05) is 6.07 Å². The van der Waals surface area contributed by atoms with Gasteiger partial charge in [0.1, 0.15) is 5.75 Å². The predicted molar refractivity (Wildman–Crippen MR) is 58.9 cm³/mol. The summed E-state index contributed by atoms with van der Waals surface area (Å²) in [4.78, 5) is 0. The number of nitriles is 1. The standard InChI is InChI=1S/C13H15NO/c1-15-12-5-6-13-10(7-8-14)3-2-4-11(13)9-12/h5-6,9-10H,2-4,7H2,1H3. The van der Waals surface area contributed by atoms with Gasteiger partial charge in [-0.25, -0.2) is 0 Å². The minimum atomic E-state index is 0.435. The molecule has 0 radical (unpaired) electrons. The summed E-state index contributed by atoms with van der Waals surface area (Å²) in [6.07, 6.45) is 4.09. The molecule has 0 aliphatic heterocycles. The van der Waals surface area contributed by atoms with Crippen LogP contribution in [0, 0.1) is 11.3 Å². The van der Waals surface area contributed by atoms with Crippen molar-refractivity contribution in [3.8, 4) is 11.8 Å². The number of nitrogens with zero attached hydrogens (tertiary/aromatic N) is 1. The summed E-state index contributed by atoms with van der Waals surface area (Å²) >= 11 is 0. The molecule has 2 rings (SSSR count). The molecule has 0 amide bonds. The molecular formula is C13H15NO. The molecule has 0 heterocycles. The minimum absolute atomic E-state index is 0.435. The molecular weight excluding hydrogens is 186 g/mol. The molecule has 0 aromatic heterocycles. The van der Waals surface area contributed by atoms with Crippen molar-refractivity contribution < 1.29 is 4.74 Å². The number of aryl methyl sites for hydroxylation is 1. The third-order valence-corrected chi connectivity index (χ3v) is 3.13. The summed E-state index contributed by atoms with van der Waals surface area (Å²) in [6.45, 7) is 0. The van der Waals surface area contributed by atoms with E-state index in [1.54, 1.807) is 7.11 Å². The average molecular weight is 201 g/mol. The largest absolute Gasteiger partial charge is 0.497 e. The highest BCUT2D eigenvalue weighted by atomic mass is 16.5. The number of fused-ring (bicyclic) bond motifs is 1. The van der Waals surface area contributed by atoms with Crippen LogP contribution in [0.15, 0.2) is 18.2 Å². The van der Waals surface area contributed by atoms with E-state index in [-0.39, 0.29) is 0 Å². The molecule has 0 spiro atoms. The highest BCUT2D eigenvalue weighted by Gasteiger charge is 2.20. The van der Waals surface area contributed by atoms with Crippen molar-refractivity contribution >= 4 is 0 Å². The minimum Gasteiger partial charge on any atom is -0.497 e. The normalized spacial score (nSPS) is 19.1. The molecule has 78 valence electrons. The average Bonchev–Trinajstić information content (AvgIpc) is 2.29. The summed E-state index contributed by atoms with van der Waals surface area (Å²) in [6, 6.07) is 8.50. The lowest BCUT2D eigenvalue weighted by Gasteiger charge is -2.23. The van der Waals surface area contributed by atoms with Crippen LogP contribution in [0.25, 0.3) is 0 Å². The molecule has 0 N–H and O–H groups in total. The fourth-order valence-corrected chi connectivity index (χ4v) is 2.34. The number of methoxy groups -OCH3 is 1. The highest BCUT2D eigenvalue weighted by molar-refractivity contribution is 5.39. The summed E-state index contributed by atoms with van der Waals surface area (Å²) < 4.78 is 5.21. The Morgan fingerprint density at radius 1 is 1.53 bits per heavy atom. The first-order valence-corrected chi connectivity index (χ1v) is 5.39. The Balaban J connectivity index is 2.33. The SMILES string of the molecule is COc1ccc2c(c1)CCCC2CC#N. The second-order valence-corrected chi connectivity index (χ2v) is 4.02. The van der Waals surface area contributed by atoms with Gasteiger partial charge in [0, 0.05) is 6.42 Å². The van der Waals surface area contributed by atoms with E-state index < -0.39 is 0 Å². The number of hydrogen-bond donors (Lipinski definition) is 0. The van der Waals surface area contributed by atoms with Gasteiger partial charge in [-0.2, -0.15) is 5.26 Å². The van der Waals surface area contributed by atoms with Gasteiger partial charge in [0.15, 0.2) is 0 Å². The summed E-state index contributed by atoms with van der Waals surface area (Å²) in [5.74, 6) is 1.36. The summed E-state index contributed by atoms with van der Waals surface area (Å²) in [5, 5.41) is 8.77. The van der Waals surface area contributed by atoms with E-state index in [0.29, 0.717) is 12.3 Å². The van der Waals surface area contributed by atoms with E-state index in [9.17, 15) is 0 Å². The van der Waals surface area contributed by atoms with Crippen LogP contribution in [0.4, 0.5) is 0 Å². The number of hydrogen-bond acceptors (Lipinski definition) is 2. The van der Waals surface area contributed by atoms with Gasteiger partial charge in [0.25, 0.3) is 0 Å². The summed E-state index contributed by atoms with van der Waals surface area (Å²) in [7, 11) is 1.69. The Hall–Kier alpha value is -1.49. The van der Waals surface area contributed by atoms with Crippen LogP contribution < -0.4 is 4.74 Å². The van der Waals surface area contributed by atoms with E-state index in [0.717, 1.165) is 18.6 Å². The van der Waals surface area contributed by atoms with Crippen molar-refractivity contribution in [3.05, 3.63) is 29.3 Å². The smallest absolute Gasteiger partial charge is 0.119 e. The topological polar surface area (TPSA) is 33.0 Å². The second-order valence-electron chi connectivity index (χ2n) is 4.02. The molecule has 15 heavy (non-hydrogen) atoms. The van der Waals surface area contributed by atoms with E-state index in [2.05, 4.69) is 18.2 Å². The highest BCUT2D eigenvalue weighted by Crippen LogP contribution is 2.35. The Bertz CT molecular complexity index is 392. The molecule has 2 heteroatoms. The van der Waals surface area contributed by atoms with Crippen molar-refractivity contribution in [1.82, 2.24) is 0 Å². The molecule has 1 unspecified atom stereocenters. The maximum absolute atomic E-state index is 8.77. The van der Waals surface area contributed by atoms with Gasteiger partial charge in [0.2, 0.25) is 0 Å². The molecule has 1 aliphatic carbocycles. The maximum Gasteiger partial charge on any atom is 0.119 e. The van der Waals surface area contributed by atoms with Crippen LogP contribution in [-0.4, -0.2) is 7.11 Å². The fraction of sp³-hybridized carbons (Fsp3) is 0.462. The lowest BCUT2D eigenvalue weighted by Crippen LogP contribution is -2.09. The van der Waals surface area contributed by atoms with Crippen LogP contribution in [0.2, 0.25) is 0 Å². The quantitative estimate of drug-likeness (QED) is 0.736.